The topological polar surface area (TPSA) is 86.8 Å². The fourth-order valence-corrected chi connectivity index (χ4v) is 5.31. The molecule has 0 unspecified atom stereocenters. The van der Waals surface area contributed by atoms with Gasteiger partial charge in [0.1, 0.15) is 18.4 Å². The highest BCUT2D eigenvalue weighted by Gasteiger charge is 2.32. The van der Waals surface area contributed by atoms with Crippen molar-refractivity contribution in [3.8, 4) is 0 Å². The summed E-state index contributed by atoms with van der Waals surface area (Å²) in [7, 11) is -4.18. The van der Waals surface area contributed by atoms with Crippen molar-refractivity contribution in [2.45, 2.75) is 57.6 Å². The van der Waals surface area contributed by atoms with Crippen molar-refractivity contribution in [2.24, 2.45) is 0 Å². The van der Waals surface area contributed by atoms with E-state index in [1.165, 1.54) is 29.2 Å². The van der Waals surface area contributed by atoms with Crippen LogP contribution in [0.4, 0.5) is 10.1 Å². The molecule has 0 bridgehead atoms. The van der Waals surface area contributed by atoms with Crippen molar-refractivity contribution in [3.63, 3.8) is 0 Å². The van der Waals surface area contributed by atoms with E-state index in [2.05, 4.69) is 5.32 Å². The van der Waals surface area contributed by atoms with E-state index >= 15 is 0 Å². The molecule has 0 heterocycles. The second-order valence-electron chi connectivity index (χ2n) is 9.24. The molecular formula is C29H34FN3O4S. The average molecular weight is 540 g/mol. The number of aryl methyl sites for hydroxylation is 1. The molecule has 202 valence electrons. The first-order valence-electron chi connectivity index (χ1n) is 12.5. The van der Waals surface area contributed by atoms with Crippen LogP contribution in [-0.2, 0) is 26.2 Å². The van der Waals surface area contributed by atoms with Crippen molar-refractivity contribution in [2.75, 3.05) is 10.8 Å². The number of halogens is 1. The molecule has 3 aromatic rings. The van der Waals surface area contributed by atoms with Crippen LogP contribution in [-0.4, -0.2) is 43.8 Å². The highest BCUT2D eigenvalue weighted by atomic mass is 32.2. The van der Waals surface area contributed by atoms with E-state index in [1.54, 1.807) is 25.1 Å². The van der Waals surface area contributed by atoms with E-state index < -0.39 is 34.3 Å². The van der Waals surface area contributed by atoms with Gasteiger partial charge in [-0.3, -0.25) is 13.9 Å². The summed E-state index contributed by atoms with van der Waals surface area (Å²) in [5, 5.41) is 2.91. The van der Waals surface area contributed by atoms with Gasteiger partial charge in [-0.15, -0.1) is 0 Å². The van der Waals surface area contributed by atoms with E-state index in [4.69, 9.17) is 0 Å². The molecule has 0 radical (unpaired) electrons. The maximum Gasteiger partial charge on any atom is 0.264 e. The Labute approximate surface area is 224 Å². The molecule has 3 aromatic carbocycles. The Balaban J connectivity index is 2.02. The highest BCUT2D eigenvalue weighted by Crippen LogP contribution is 2.25. The SMILES string of the molecule is CC[C@H](C)NC(=O)[C@@H](C)N(Cc1ccccc1C)C(=O)CN(c1ccc(F)cc1)S(=O)(=O)c1ccccc1. The zero-order chi connectivity index (χ0) is 27.9. The third-order valence-electron chi connectivity index (χ3n) is 6.49. The number of hydrogen-bond donors (Lipinski definition) is 1. The van der Waals surface area contributed by atoms with Gasteiger partial charge in [-0.2, -0.15) is 0 Å². The number of nitrogens with one attached hydrogen (secondary N) is 1. The molecule has 7 nitrogen and oxygen atoms in total. The number of benzene rings is 3. The van der Waals surface area contributed by atoms with Crippen molar-refractivity contribution in [1.29, 1.82) is 0 Å². The Bertz CT molecular complexity index is 1350. The predicted molar refractivity (Wildman–Crippen MR) is 146 cm³/mol. The molecule has 0 saturated heterocycles. The van der Waals surface area contributed by atoms with Crippen molar-refractivity contribution in [1.82, 2.24) is 10.2 Å². The highest BCUT2D eigenvalue weighted by molar-refractivity contribution is 7.92. The molecular weight excluding hydrogens is 505 g/mol. The number of amides is 2. The number of nitrogens with zero attached hydrogens (tertiary/aromatic N) is 2. The summed E-state index contributed by atoms with van der Waals surface area (Å²) >= 11 is 0. The van der Waals surface area contributed by atoms with Crippen LogP contribution in [0, 0.1) is 12.7 Å². The van der Waals surface area contributed by atoms with Crippen LogP contribution in [0.25, 0.3) is 0 Å². The molecule has 0 aliphatic rings. The fourth-order valence-electron chi connectivity index (χ4n) is 3.87. The molecule has 0 aliphatic carbocycles. The summed E-state index contributed by atoms with van der Waals surface area (Å²) in [5.41, 5.74) is 1.91. The third kappa shape index (κ3) is 6.98. The minimum Gasteiger partial charge on any atom is -0.352 e. The summed E-state index contributed by atoms with van der Waals surface area (Å²) in [6, 6.07) is 19.2. The smallest absolute Gasteiger partial charge is 0.264 e. The zero-order valence-electron chi connectivity index (χ0n) is 22.1. The molecule has 9 heteroatoms. The summed E-state index contributed by atoms with van der Waals surface area (Å²) in [6.07, 6.45) is 0.720. The van der Waals surface area contributed by atoms with Crippen LogP contribution in [0.3, 0.4) is 0 Å². The van der Waals surface area contributed by atoms with Crippen molar-refractivity contribution < 1.29 is 22.4 Å². The van der Waals surface area contributed by atoms with Crippen LogP contribution in [0.2, 0.25) is 0 Å². The van der Waals surface area contributed by atoms with Crippen LogP contribution in [0.5, 0.6) is 0 Å². The zero-order valence-corrected chi connectivity index (χ0v) is 22.9. The Morgan fingerprint density at radius 1 is 0.921 bits per heavy atom. The Hall–Kier alpha value is -3.72. The van der Waals surface area contributed by atoms with E-state index in [-0.39, 0.29) is 29.1 Å². The molecule has 0 aliphatic heterocycles. The monoisotopic (exact) mass is 539 g/mol. The molecule has 1 N–H and O–H groups in total. The van der Waals surface area contributed by atoms with Gasteiger partial charge in [-0.25, -0.2) is 12.8 Å². The lowest BCUT2D eigenvalue weighted by molar-refractivity contribution is -0.139. The normalized spacial score (nSPS) is 12.9. The van der Waals surface area contributed by atoms with Crippen LogP contribution < -0.4 is 9.62 Å². The van der Waals surface area contributed by atoms with E-state index in [9.17, 15) is 22.4 Å². The lowest BCUT2D eigenvalue weighted by atomic mass is 10.1. The number of carbonyl (C=O) groups excluding carboxylic acids is 2. The number of carbonyl (C=O) groups is 2. The Morgan fingerprint density at radius 2 is 1.53 bits per heavy atom. The van der Waals surface area contributed by atoms with Gasteiger partial charge >= 0.3 is 0 Å². The summed E-state index contributed by atoms with van der Waals surface area (Å²) < 4.78 is 42.0. The van der Waals surface area contributed by atoms with Gasteiger partial charge in [0, 0.05) is 12.6 Å². The number of hydrogen-bond acceptors (Lipinski definition) is 4. The molecule has 38 heavy (non-hydrogen) atoms. The minimum absolute atomic E-state index is 0.00913. The number of sulfonamides is 1. The maximum absolute atomic E-state index is 13.9. The Morgan fingerprint density at radius 3 is 2.13 bits per heavy atom. The Kier molecular flexibility index (Phi) is 9.63. The van der Waals surface area contributed by atoms with Gasteiger partial charge in [-0.05, 0) is 74.7 Å². The van der Waals surface area contributed by atoms with E-state index in [1.807, 2.05) is 45.0 Å². The molecule has 0 spiro atoms. The third-order valence-corrected chi connectivity index (χ3v) is 8.28. The summed E-state index contributed by atoms with van der Waals surface area (Å²) in [5.74, 6) is -1.43. The minimum atomic E-state index is -4.18. The molecule has 3 rings (SSSR count). The summed E-state index contributed by atoms with van der Waals surface area (Å²) in [6.45, 7) is 6.90. The summed E-state index contributed by atoms with van der Waals surface area (Å²) in [4.78, 5) is 28.3. The number of rotatable bonds is 11. The first-order valence-corrected chi connectivity index (χ1v) is 14.0. The number of anilines is 1. The lowest BCUT2D eigenvalue weighted by Gasteiger charge is -2.32. The van der Waals surface area contributed by atoms with Gasteiger partial charge in [0.2, 0.25) is 11.8 Å². The van der Waals surface area contributed by atoms with Crippen molar-refractivity contribution >= 4 is 27.5 Å². The van der Waals surface area contributed by atoms with E-state index in [0.29, 0.717) is 0 Å². The molecule has 0 fully saturated rings. The lowest BCUT2D eigenvalue weighted by Crippen LogP contribution is -2.52. The average Bonchev–Trinajstić information content (AvgIpc) is 2.91. The van der Waals surface area contributed by atoms with Gasteiger partial charge in [0.25, 0.3) is 10.0 Å². The fraction of sp³-hybridized carbons (Fsp3) is 0.310. The second-order valence-corrected chi connectivity index (χ2v) is 11.1. The molecule has 2 amide bonds. The quantitative estimate of drug-likeness (QED) is 0.384. The van der Waals surface area contributed by atoms with Gasteiger partial charge < -0.3 is 10.2 Å². The van der Waals surface area contributed by atoms with Gasteiger partial charge in [0.15, 0.2) is 0 Å². The maximum atomic E-state index is 13.9. The first-order chi connectivity index (χ1) is 18.0. The van der Waals surface area contributed by atoms with Gasteiger partial charge in [0.05, 0.1) is 10.6 Å². The largest absolute Gasteiger partial charge is 0.352 e. The second kappa shape index (κ2) is 12.7. The van der Waals surface area contributed by atoms with Crippen LogP contribution in [0.1, 0.15) is 38.3 Å². The molecule has 0 saturated carbocycles. The van der Waals surface area contributed by atoms with E-state index in [0.717, 1.165) is 34.0 Å². The van der Waals surface area contributed by atoms with Crippen LogP contribution in [0.15, 0.2) is 83.8 Å². The van der Waals surface area contributed by atoms with Crippen molar-refractivity contribution in [3.05, 3.63) is 95.8 Å². The van der Waals surface area contributed by atoms with Crippen LogP contribution >= 0.6 is 0 Å². The van der Waals surface area contributed by atoms with Gasteiger partial charge in [-0.1, -0.05) is 49.4 Å². The molecule has 2 atom stereocenters. The molecule has 0 aromatic heterocycles. The first kappa shape index (κ1) is 28.8. The standard InChI is InChI=1S/C29H34FN3O4S/c1-5-22(3)31-29(35)23(4)32(19-24-12-10-9-11-21(24)2)28(34)20-33(26-17-15-25(30)16-18-26)38(36,37)27-13-7-6-8-14-27/h6-18,22-23H,5,19-20H2,1-4H3,(H,31,35)/t22-,23+/m0/s1. The predicted octanol–water partition coefficient (Wildman–Crippen LogP) is 4.66.